The average Bonchev–Trinajstić information content (AvgIpc) is 1.21. The van der Waals surface area contributed by atoms with Gasteiger partial charge in [0.25, 0.3) is 0 Å². The van der Waals surface area contributed by atoms with Crippen LogP contribution in [-0.2, 0) is 102 Å². The van der Waals surface area contributed by atoms with Crippen molar-refractivity contribution in [1.82, 2.24) is 0 Å². The van der Waals surface area contributed by atoms with Crippen LogP contribution in [0.15, 0.2) is 24.3 Å². The lowest BCUT2D eigenvalue weighted by Crippen LogP contribution is -2.68. The van der Waals surface area contributed by atoms with Crippen LogP contribution in [0.3, 0.4) is 0 Å². The summed E-state index contributed by atoms with van der Waals surface area (Å²) < 4.78 is 136. The molecule has 0 N–H and O–H groups in total. The normalized spacial score (nSPS) is 35.5. The minimum atomic E-state index is -2.95. The van der Waals surface area contributed by atoms with Crippen LogP contribution in [0.5, 0.6) is 0 Å². The zero-order valence-corrected chi connectivity index (χ0v) is 74.6. The Morgan fingerprint density at radius 3 is 1.04 bits per heavy atom. The minimum Gasteiger partial charge on any atom is -0.462 e. The van der Waals surface area contributed by atoms with Gasteiger partial charge in [0.15, 0.2) is 0 Å². The molecule has 10 atom stereocenters. The van der Waals surface area contributed by atoms with Gasteiger partial charge in [0, 0.05) is 76.1 Å². The van der Waals surface area contributed by atoms with Gasteiger partial charge in [-0.15, -0.1) is 0 Å². The maximum Gasteiger partial charge on any atom is 0.500 e. The molecule has 0 aromatic rings. The molecule has 100 heavy (non-hydrogen) atoms. The Morgan fingerprint density at radius 1 is 0.400 bits per heavy atom. The van der Waals surface area contributed by atoms with Gasteiger partial charge in [-0.2, -0.15) is 0 Å². The van der Waals surface area contributed by atoms with Crippen LogP contribution >= 0.6 is 0 Å². The standard InChI is InChI=1S/C37H78O11Si6.C30H56O12Si4/c1-11-38-53(39-12-2,40-13-3)27-25-51(9)45-49(7,23-21-32-17-19-34-31-35(34)29-32)46-52(10,26-28-54(41-14-4,42-15-5)43-16-6)48-50(8,47-51)24-22-33-18-20-36-37(30-33)44-36;1-25(2)29(31)35-15-11-19-45(7)39-43(5,17-9-13-33-21-27-23-37-27)41-46(8,20-12-16-36-30(32)26(3)4)42-44(6,40-45)18-10-14-34-22-28-24-38-28/h32-37H,11-31H2,1-10H3;27-28H,1,3,9-24H2,2,4-8H3. The Balaban J connectivity index is 0.000000285. The molecule has 5 aliphatic heterocycles. The van der Waals surface area contributed by atoms with Crippen molar-refractivity contribution in [1.29, 1.82) is 0 Å². The molecule has 33 heteroatoms. The number of carbonyl (C=O) groups is 2. The Bertz CT molecular complexity index is 2300. The number of ether oxygens (including phenoxy) is 7. The van der Waals surface area contributed by atoms with Crippen LogP contribution in [0, 0.1) is 23.7 Å². The fraction of sp³-hybridized carbons (Fsp3) is 0.910. The van der Waals surface area contributed by atoms with Crippen LogP contribution in [0.2, 0.25) is 113 Å². The van der Waals surface area contributed by atoms with E-state index < -0.39 is 98.0 Å². The highest BCUT2D eigenvalue weighted by Crippen LogP contribution is 2.53. The van der Waals surface area contributed by atoms with Gasteiger partial charge in [-0.05, 0) is 257 Å². The maximum absolute atomic E-state index is 12.0. The Hall–Kier alpha value is -0.171. The molecule has 8 rings (SSSR count). The lowest BCUT2D eigenvalue weighted by molar-refractivity contribution is -0.139. The van der Waals surface area contributed by atoms with Crippen LogP contribution in [0.25, 0.3) is 0 Å². The molecule has 0 amide bonds. The number of carbonyl (C=O) groups excluding carboxylic acids is 2. The maximum atomic E-state index is 12.0. The van der Waals surface area contributed by atoms with Gasteiger partial charge < -0.3 is 92.6 Å². The summed E-state index contributed by atoms with van der Waals surface area (Å²) in [5.41, 5.74) is 0.737. The van der Waals surface area contributed by atoms with Crippen molar-refractivity contribution in [2.75, 3.05) is 92.5 Å². The Morgan fingerprint density at radius 2 is 0.720 bits per heavy atom. The van der Waals surface area contributed by atoms with E-state index in [1.165, 1.54) is 38.5 Å². The van der Waals surface area contributed by atoms with Gasteiger partial charge in [-0.3, -0.25) is 0 Å². The highest BCUT2D eigenvalue weighted by Gasteiger charge is 2.61. The van der Waals surface area contributed by atoms with Crippen molar-refractivity contribution in [3.63, 3.8) is 0 Å². The number of esters is 2. The molecule has 5 heterocycles. The summed E-state index contributed by atoms with van der Waals surface area (Å²) in [6.45, 7) is 48.0. The van der Waals surface area contributed by atoms with Crippen LogP contribution in [0.4, 0.5) is 0 Å². The van der Waals surface area contributed by atoms with E-state index in [1.807, 2.05) is 41.5 Å². The van der Waals surface area contributed by atoms with Gasteiger partial charge in [0.05, 0.1) is 51.8 Å². The molecule has 0 bridgehead atoms. The van der Waals surface area contributed by atoms with Crippen LogP contribution in [0.1, 0.15) is 139 Å². The largest absolute Gasteiger partial charge is 0.500 e. The van der Waals surface area contributed by atoms with Crippen molar-refractivity contribution in [2.24, 2.45) is 23.7 Å². The van der Waals surface area contributed by atoms with Gasteiger partial charge in [0.1, 0.15) is 12.2 Å². The molecule has 23 nitrogen and oxygen atoms in total. The van der Waals surface area contributed by atoms with Crippen LogP contribution in [-0.4, -0.2) is 215 Å². The monoisotopic (exact) mass is 1590 g/mol. The number of fused-ring (bicyclic) bond motifs is 2. The summed E-state index contributed by atoms with van der Waals surface area (Å²) in [5.74, 6) is 2.50. The molecule has 8 aliphatic rings. The molecule has 8 fully saturated rings. The summed E-state index contributed by atoms with van der Waals surface area (Å²) in [7, 11) is -29.0. The second kappa shape index (κ2) is 40.0. The van der Waals surface area contributed by atoms with E-state index in [9.17, 15) is 9.59 Å². The topological polar surface area (TPSA) is 238 Å². The summed E-state index contributed by atoms with van der Waals surface area (Å²) >= 11 is 0. The van der Waals surface area contributed by atoms with E-state index in [0.29, 0.717) is 144 Å². The third-order valence-electron chi connectivity index (χ3n) is 20.2. The number of rotatable bonds is 46. The molecule has 5 saturated heterocycles. The van der Waals surface area contributed by atoms with Gasteiger partial charge >= 0.3 is 98.0 Å². The van der Waals surface area contributed by atoms with E-state index in [2.05, 4.69) is 65.5 Å². The zero-order chi connectivity index (χ0) is 72.9. The fourth-order valence-electron chi connectivity index (χ4n) is 15.4. The number of epoxide rings is 3. The van der Waals surface area contributed by atoms with Crippen molar-refractivity contribution in [2.45, 2.75) is 276 Å². The Kier molecular flexibility index (Phi) is 34.8. The first-order chi connectivity index (χ1) is 47.3. The zero-order valence-electron chi connectivity index (χ0n) is 64.6. The Labute approximate surface area is 613 Å². The number of hydrogen-bond donors (Lipinski definition) is 0. The second-order valence-electron chi connectivity index (χ2n) is 30.6. The van der Waals surface area contributed by atoms with Crippen molar-refractivity contribution in [3.05, 3.63) is 24.3 Å². The molecule has 0 aromatic heterocycles. The highest BCUT2D eigenvalue weighted by molar-refractivity contribution is 6.95. The average molecular weight is 1590 g/mol. The SMILES string of the molecule is C=C(C)C(=O)OCCC[Si]1(C)O[Si](C)(CCCOCC2CO2)O[Si](C)(CCCOC(=O)C(=C)C)O[Si](C)(CCCOCC2CO2)O1.CCO[Si](CC[Si]1(C)O[Si](C)(CCC2CCC3CC3C2)O[Si](C)(CC[Si](OCC)(OCC)OCC)O[Si](C)(CCC2CCC3OC3C2)O1)(OCC)OCC. The van der Waals surface area contributed by atoms with E-state index in [4.69, 9.17) is 92.6 Å². The molecule has 3 saturated carbocycles. The molecule has 0 radical (unpaired) electrons. The molecule has 0 aromatic carbocycles. The predicted octanol–water partition coefficient (Wildman–Crippen LogP) is 14.2. The van der Waals surface area contributed by atoms with E-state index in [0.717, 1.165) is 87.2 Å². The first-order valence-electron chi connectivity index (χ1n) is 38.5. The predicted molar refractivity (Wildman–Crippen MR) is 406 cm³/mol. The molecule has 580 valence electrons. The number of hydrogen-bond acceptors (Lipinski definition) is 23. The van der Waals surface area contributed by atoms with Crippen molar-refractivity contribution >= 4 is 98.0 Å². The van der Waals surface area contributed by atoms with Gasteiger partial charge in [-0.1, -0.05) is 19.6 Å². The van der Waals surface area contributed by atoms with Gasteiger partial charge in [-0.25, -0.2) is 9.59 Å². The summed E-state index contributed by atoms with van der Waals surface area (Å²) in [6.07, 6.45) is 15.4. The smallest absolute Gasteiger partial charge is 0.462 e. The fourth-order valence-corrected chi connectivity index (χ4v) is 70.6. The summed E-state index contributed by atoms with van der Waals surface area (Å²) in [5, 5.41) is 0. The quantitative estimate of drug-likeness (QED) is 0.0181. The molecular weight excluding hydrogens is 1450 g/mol. The minimum absolute atomic E-state index is 0.211. The van der Waals surface area contributed by atoms with E-state index in [-0.39, 0.29) is 25.4 Å². The molecule has 0 spiro atoms. The second-order valence-corrected chi connectivity index (χ2v) is 64.7. The first kappa shape index (κ1) is 87.1. The summed E-state index contributed by atoms with van der Waals surface area (Å²) in [4.78, 5) is 24.0. The van der Waals surface area contributed by atoms with E-state index >= 15 is 0 Å². The molecule has 3 aliphatic carbocycles. The van der Waals surface area contributed by atoms with Crippen molar-refractivity contribution < 1.29 is 102 Å². The summed E-state index contributed by atoms with van der Waals surface area (Å²) in [6, 6.07) is 7.28. The third-order valence-corrected chi connectivity index (χ3v) is 64.6. The van der Waals surface area contributed by atoms with E-state index in [1.54, 1.807) is 13.8 Å². The van der Waals surface area contributed by atoms with Crippen LogP contribution < -0.4 is 0 Å². The highest BCUT2D eigenvalue weighted by atomic mass is 28.5. The van der Waals surface area contributed by atoms with Gasteiger partial charge in [0.2, 0.25) is 0 Å². The van der Waals surface area contributed by atoms with Crippen molar-refractivity contribution in [3.8, 4) is 0 Å². The molecule has 10 unspecified atom stereocenters. The molecular formula is C67H134O23Si10. The first-order valence-corrected chi connectivity index (χ1v) is 62.5. The lowest BCUT2D eigenvalue weighted by Gasteiger charge is -2.51. The third kappa shape index (κ3) is 29.7. The lowest BCUT2D eigenvalue weighted by atomic mass is 9.87.